The molecule has 2 aliphatic heterocycles. The van der Waals surface area contributed by atoms with Crippen LogP contribution in [-0.2, 0) is 26.2 Å². The van der Waals surface area contributed by atoms with Gasteiger partial charge in [0.05, 0.1) is 11.4 Å². The second-order valence-corrected chi connectivity index (χ2v) is 8.52. The second kappa shape index (κ2) is 9.63. The number of allylic oxidation sites excluding steroid dienone is 8. The first-order chi connectivity index (χ1) is 11.1. The van der Waals surface area contributed by atoms with E-state index in [0.29, 0.717) is 0 Å². The quantitative estimate of drug-likeness (QED) is 0.457. The Morgan fingerprint density at radius 2 is 0.963 bits per heavy atom. The Kier molecular flexibility index (Phi) is 9.36. The summed E-state index contributed by atoms with van der Waals surface area (Å²) in [6, 6.07) is 0. The average molecular weight is 481 g/mol. The molecule has 0 spiro atoms. The number of aliphatic imine (C=N–C) groups is 2. The first kappa shape index (κ1) is 26.2. The van der Waals surface area contributed by atoms with Gasteiger partial charge in [0.1, 0.15) is 0 Å². The Balaban J connectivity index is 0.000000451. The summed E-state index contributed by atoms with van der Waals surface area (Å²) in [6.45, 7) is 13.1. The largest absolute Gasteiger partial charge is 2.00 e. The van der Waals surface area contributed by atoms with Crippen molar-refractivity contribution in [1.82, 2.24) is 0 Å². The fraction of sp³-hybridized carbons (Fsp3) is 0.364. The monoisotopic (exact) mass is 478 g/mol. The Bertz CT molecular complexity index is 751. The molecule has 0 amide bonds. The van der Waals surface area contributed by atoms with E-state index in [-0.39, 0.29) is 61.8 Å². The van der Waals surface area contributed by atoms with Gasteiger partial charge in [0.15, 0.2) is 0 Å². The molecule has 2 heterocycles. The zero-order valence-corrected chi connectivity index (χ0v) is 20.7. The summed E-state index contributed by atoms with van der Waals surface area (Å²) < 4.78 is 0. The summed E-state index contributed by atoms with van der Waals surface area (Å²) in [7, 11) is 0. The van der Waals surface area contributed by atoms with Crippen LogP contribution in [0.3, 0.4) is 0 Å². The molecule has 0 aromatic carbocycles. The van der Waals surface area contributed by atoms with Gasteiger partial charge < -0.3 is 24.8 Å². The minimum absolute atomic E-state index is 0. The van der Waals surface area contributed by atoms with Crippen molar-refractivity contribution in [1.29, 1.82) is 0 Å². The minimum Gasteiger partial charge on any atom is -1.00 e. The third kappa shape index (κ3) is 6.11. The average Bonchev–Trinajstić information content (AvgIpc) is 3.16. The SMILES string of the molecule is CC(C)(C)C1=NC2=CC=CC2=C1.CC(C)(C)C1=NC2=CC=CC2=C1.[Cl-].[Cl-].[Zr+2]. The van der Waals surface area contributed by atoms with E-state index in [9.17, 15) is 0 Å². The van der Waals surface area contributed by atoms with E-state index < -0.39 is 0 Å². The molecule has 0 saturated carbocycles. The predicted molar refractivity (Wildman–Crippen MR) is 104 cm³/mol. The summed E-state index contributed by atoms with van der Waals surface area (Å²) in [5.41, 5.74) is 7.50. The van der Waals surface area contributed by atoms with Crippen molar-refractivity contribution in [3.05, 3.63) is 71.1 Å². The molecule has 4 rings (SSSR count). The molecule has 27 heavy (non-hydrogen) atoms. The molecule has 0 saturated heterocycles. The third-order valence-electron chi connectivity index (χ3n) is 4.25. The van der Waals surface area contributed by atoms with E-state index in [1.807, 2.05) is 12.2 Å². The van der Waals surface area contributed by atoms with E-state index in [4.69, 9.17) is 0 Å². The summed E-state index contributed by atoms with van der Waals surface area (Å²) in [4.78, 5) is 9.09. The number of nitrogens with zero attached hydrogens (tertiary/aromatic N) is 2. The van der Waals surface area contributed by atoms with Crippen molar-refractivity contribution in [3.63, 3.8) is 0 Å². The molecule has 2 aliphatic carbocycles. The van der Waals surface area contributed by atoms with Crippen LogP contribution >= 0.6 is 0 Å². The van der Waals surface area contributed by atoms with Gasteiger partial charge in [0.25, 0.3) is 0 Å². The van der Waals surface area contributed by atoms with Gasteiger partial charge in [-0.1, -0.05) is 65.8 Å². The minimum atomic E-state index is 0. The van der Waals surface area contributed by atoms with Crippen molar-refractivity contribution in [2.24, 2.45) is 20.8 Å². The Labute approximate surface area is 195 Å². The zero-order chi connectivity index (χ0) is 17.5. The Morgan fingerprint density at radius 3 is 1.22 bits per heavy atom. The van der Waals surface area contributed by atoms with Gasteiger partial charge in [-0.2, -0.15) is 0 Å². The van der Waals surface area contributed by atoms with Crippen molar-refractivity contribution < 1.29 is 51.0 Å². The fourth-order valence-corrected chi connectivity index (χ4v) is 2.68. The second-order valence-electron chi connectivity index (χ2n) is 8.52. The maximum Gasteiger partial charge on any atom is 2.00 e. The molecule has 0 atom stereocenters. The smallest absolute Gasteiger partial charge is 1.00 e. The van der Waals surface area contributed by atoms with Crippen LogP contribution in [-0.4, -0.2) is 11.4 Å². The molecule has 0 aromatic rings. The van der Waals surface area contributed by atoms with Gasteiger partial charge in [0, 0.05) is 33.4 Å². The van der Waals surface area contributed by atoms with Crippen LogP contribution in [0.4, 0.5) is 0 Å². The maximum absolute atomic E-state index is 4.54. The molecule has 2 nitrogen and oxygen atoms in total. The fourth-order valence-electron chi connectivity index (χ4n) is 2.68. The van der Waals surface area contributed by atoms with E-state index >= 15 is 0 Å². The molecule has 0 N–H and O–H groups in total. The van der Waals surface area contributed by atoms with Crippen LogP contribution in [0.5, 0.6) is 0 Å². The van der Waals surface area contributed by atoms with Gasteiger partial charge in [-0.15, -0.1) is 0 Å². The Hall–Kier alpha value is -0.757. The first-order valence-electron chi connectivity index (χ1n) is 8.54. The summed E-state index contributed by atoms with van der Waals surface area (Å²) in [6.07, 6.45) is 16.8. The summed E-state index contributed by atoms with van der Waals surface area (Å²) in [5, 5.41) is 0. The number of hydrogen-bond donors (Lipinski definition) is 0. The van der Waals surface area contributed by atoms with Crippen molar-refractivity contribution in [2.45, 2.75) is 41.5 Å². The molecule has 142 valence electrons. The number of fused-ring (bicyclic) bond motifs is 2. The van der Waals surface area contributed by atoms with Crippen molar-refractivity contribution in [3.8, 4) is 0 Å². The van der Waals surface area contributed by atoms with Crippen LogP contribution in [0.2, 0.25) is 0 Å². The van der Waals surface area contributed by atoms with Gasteiger partial charge in [-0.3, -0.25) is 9.98 Å². The molecule has 5 heteroatoms. The third-order valence-corrected chi connectivity index (χ3v) is 4.25. The van der Waals surface area contributed by atoms with Crippen LogP contribution in [0.25, 0.3) is 0 Å². The van der Waals surface area contributed by atoms with Gasteiger partial charge in [-0.05, 0) is 24.3 Å². The van der Waals surface area contributed by atoms with E-state index in [1.165, 1.54) is 22.6 Å². The summed E-state index contributed by atoms with van der Waals surface area (Å²) >= 11 is 0. The normalized spacial score (nSPS) is 18.1. The molecule has 0 radical (unpaired) electrons. The number of rotatable bonds is 0. The van der Waals surface area contributed by atoms with Crippen LogP contribution < -0.4 is 24.8 Å². The van der Waals surface area contributed by atoms with Gasteiger partial charge >= 0.3 is 26.2 Å². The van der Waals surface area contributed by atoms with E-state index in [0.717, 1.165) is 11.4 Å². The molecule has 0 bridgehead atoms. The van der Waals surface area contributed by atoms with Crippen molar-refractivity contribution in [2.75, 3.05) is 0 Å². The summed E-state index contributed by atoms with van der Waals surface area (Å²) in [5.74, 6) is 0. The topological polar surface area (TPSA) is 24.7 Å². The molecule has 0 aromatic heterocycles. The zero-order valence-electron chi connectivity index (χ0n) is 16.8. The number of halogens is 2. The van der Waals surface area contributed by atoms with Crippen LogP contribution in [0.1, 0.15) is 41.5 Å². The standard InChI is InChI=1S/2C11H13N.2ClH.Zr/c2*1-11(2,3)10-7-8-5-4-6-9(8)12-10;;;/h2*4-7H,1-3H3;2*1H;/q;;;;+2/p-2. The van der Waals surface area contributed by atoms with Gasteiger partial charge in [0.2, 0.25) is 0 Å². The first-order valence-corrected chi connectivity index (χ1v) is 8.54. The molecule has 4 aliphatic rings. The predicted octanol–water partition coefficient (Wildman–Crippen LogP) is -0.260. The molecule has 0 fully saturated rings. The molecular weight excluding hydrogens is 454 g/mol. The maximum atomic E-state index is 4.54. The van der Waals surface area contributed by atoms with Crippen LogP contribution in [0.15, 0.2) is 81.1 Å². The van der Waals surface area contributed by atoms with Gasteiger partial charge in [-0.25, -0.2) is 0 Å². The Morgan fingerprint density at radius 1 is 0.630 bits per heavy atom. The van der Waals surface area contributed by atoms with E-state index in [2.05, 4.69) is 88.0 Å². The van der Waals surface area contributed by atoms with Crippen molar-refractivity contribution >= 4 is 11.4 Å². The number of hydrogen-bond acceptors (Lipinski definition) is 2. The van der Waals surface area contributed by atoms with Crippen LogP contribution in [0, 0.1) is 10.8 Å². The molecular formula is C22H26Cl2N2Zr. The molecule has 0 unspecified atom stereocenters. The van der Waals surface area contributed by atoms with E-state index in [1.54, 1.807) is 0 Å².